The predicted molar refractivity (Wildman–Crippen MR) is 125 cm³/mol. The number of rotatable bonds is 5. The molecule has 1 N–H and O–H groups in total. The number of ether oxygens (including phenoxy) is 1. The van der Waals surface area contributed by atoms with Gasteiger partial charge in [-0.1, -0.05) is 25.3 Å². The molecule has 6 nitrogen and oxygen atoms in total. The van der Waals surface area contributed by atoms with E-state index < -0.39 is 6.36 Å². The van der Waals surface area contributed by atoms with Gasteiger partial charge in [-0.25, -0.2) is 4.98 Å². The van der Waals surface area contributed by atoms with Crippen LogP contribution in [-0.2, 0) is 19.5 Å². The molecule has 0 unspecified atom stereocenters. The second-order valence-electron chi connectivity index (χ2n) is 9.30. The van der Waals surface area contributed by atoms with Crippen molar-refractivity contribution < 1.29 is 17.9 Å². The van der Waals surface area contributed by atoms with Gasteiger partial charge < -0.3 is 9.72 Å². The van der Waals surface area contributed by atoms with Crippen LogP contribution in [0.5, 0.6) is 5.75 Å². The van der Waals surface area contributed by atoms with E-state index in [1.807, 2.05) is 12.1 Å². The number of alkyl halides is 3. The third kappa shape index (κ3) is 5.73. The van der Waals surface area contributed by atoms with E-state index in [0.29, 0.717) is 30.3 Å². The van der Waals surface area contributed by atoms with E-state index in [1.54, 1.807) is 18.3 Å². The van der Waals surface area contributed by atoms with E-state index >= 15 is 0 Å². The smallest absolute Gasteiger partial charge is 0.406 e. The van der Waals surface area contributed by atoms with Crippen molar-refractivity contribution in [2.24, 2.45) is 0 Å². The third-order valence-corrected chi connectivity index (χ3v) is 6.77. The molecule has 1 aliphatic carbocycles. The summed E-state index contributed by atoms with van der Waals surface area (Å²) in [5.41, 5.74) is 4.01. The minimum atomic E-state index is -4.71. The van der Waals surface area contributed by atoms with Gasteiger partial charge in [0.15, 0.2) is 0 Å². The third-order valence-electron chi connectivity index (χ3n) is 6.77. The van der Waals surface area contributed by atoms with Crippen molar-refractivity contribution in [2.75, 3.05) is 6.54 Å². The van der Waals surface area contributed by atoms with Crippen molar-refractivity contribution in [1.29, 1.82) is 0 Å². The van der Waals surface area contributed by atoms with Gasteiger partial charge >= 0.3 is 6.36 Å². The summed E-state index contributed by atoms with van der Waals surface area (Å²) in [7, 11) is 0. The lowest BCUT2D eigenvalue weighted by atomic mass is 9.88. The monoisotopic (exact) mass is 484 g/mol. The lowest BCUT2D eigenvalue weighted by Gasteiger charge is -2.28. The number of halogens is 3. The Balaban J connectivity index is 1.23. The zero-order valence-corrected chi connectivity index (χ0v) is 19.3. The minimum absolute atomic E-state index is 0.0216. The molecule has 1 aliphatic heterocycles. The van der Waals surface area contributed by atoms with Gasteiger partial charge in [-0.2, -0.15) is 0 Å². The standard InChI is InChI=1S/C26H27F3N4O2/c27-26(28,29)35-20-9-7-18(8-10-20)22-11-6-17(14-30-22)15-33-13-12-23-21(16-33)25(34)32-24(31-23)19-4-2-1-3-5-19/h6-11,14,19H,1-5,12-13,15-16H2,(H,31,32,34). The molecule has 3 aromatic rings. The normalized spacial score (nSPS) is 17.2. The Labute approximate surface area is 201 Å². The molecular formula is C26H27F3N4O2. The molecule has 5 rings (SSSR count). The van der Waals surface area contributed by atoms with E-state index in [2.05, 4.69) is 19.6 Å². The van der Waals surface area contributed by atoms with Crippen molar-refractivity contribution in [3.05, 3.63) is 75.6 Å². The van der Waals surface area contributed by atoms with E-state index in [-0.39, 0.29) is 11.3 Å². The van der Waals surface area contributed by atoms with Crippen molar-refractivity contribution in [1.82, 2.24) is 19.9 Å². The highest BCUT2D eigenvalue weighted by Gasteiger charge is 2.31. The molecule has 3 heterocycles. The molecule has 0 radical (unpaired) electrons. The Morgan fingerprint density at radius 3 is 2.51 bits per heavy atom. The Morgan fingerprint density at radius 1 is 1.06 bits per heavy atom. The maximum atomic E-state index is 12.8. The van der Waals surface area contributed by atoms with Gasteiger partial charge in [-0.3, -0.25) is 14.7 Å². The molecular weight excluding hydrogens is 457 g/mol. The number of aromatic amines is 1. The molecule has 0 bridgehead atoms. The molecule has 0 atom stereocenters. The van der Waals surface area contributed by atoms with Crippen LogP contribution in [0.15, 0.2) is 47.4 Å². The van der Waals surface area contributed by atoms with Crippen LogP contribution in [0.4, 0.5) is 13.2 Å². The number of fused-ring (bicyclic) bond motifs is 1. The summed E-state index contributed by atoms with van der Waals surface area (Å²) < 4.78 is 40.9. The summed E-state index contributed by atoms with van der Waals surface area (Å²) >= 11 is 0. The molecule has 2 aromatic heterocycles. The van der Waals surface area contributed by atoms with Crippen LogP contribution >= 0.6 is 0 Å². The van der Waals surface area contributed by atoms with E-state index in [4.69, 9.17) is 4.98 Å². The molecule has 9 heteroatoms. The minimum Gasteiger partial charge on any atom is -0.406 e. The number of nitrogens with one attached hydrogen (secondary N) is 1. The van der Waals surface area contributed by atoms with Gasteiger partial charge in [0.2, 0.25) is 0 Å². The Kier molecular flexibility index (Phi) is 6.60. The van der Waals surface area contributed by atoms with Gasteiger partial charge in [0.25, 0.3) is 5.56 Å². The number of nitrogens with zero attached hydrogens (tertiary/aromatic N) is 3. The van der Waals surface area contributed by atoms with Gasteiger partial charge in [0.05, 0.1) is 17.0 Å². The van der Waals surface area contributed by atoms with Crippen molar-refractivity contribution in [2.45, 2.75) is 63.9 Å². The summed E-state index contributed by atoms with van der Waals surface area (Å²) in [5.74, 6) is 0.969. The molecule has 0 saturated heterocycles. The lowest BCUT2D eigenvalue weighted by molar-refractivity contribution is -0.274. The fourth-order valence-electron chi connectivity index (χ4n) is 4.98. The average Bonchev–Trinajstić information content (AvgIpc) is 2.85. The van der Waals surface area contributed by atoms with E-state index in [0.717, 1.165) is 48.5 Å². The Morgan fingerprint density at radius 2 is 1.83 bits per heavy atom. The molecule has 0 spiro atoms. The molecule has 1 fully saturated rings. The van der Waals surface area contributed by atoms with Crippen molar-refractivity contribution in [3.63, 3.8) is 0 Å². The van der Waals surface area contributed by atoms with Gasteiger partial charge in [0, 0.05) is 43.7 Å². The average molecular weight is 485 g/mol. The fraction of sp³-hybridized carbons (Fsp3) is 0.423. The Bertz CT molecular complexity index is 1220. The Hall–Kier alpha value is -3.20. The summed E-state index contributed by atoms with van der Waals surface area (Å²) in [6.45, 7) is 2.01. The van der Waals surface area contributed by atoms with Crippen LogP contribution in [0, 0.1) is 0 Å². The van der Waals surface area contributed by atoms with Crippen LogP contribution < -0.4 is 10.3 Å². The largest absolute Gasteiger partial charge is 0.573 e. The maximum absolute atomic E-state index is 12.8. The maximum Gasteiger partial charge on any atom is 0.573 e. The lowest BCUT2D eigenvalue weighted by Crippen LogP contribution is -2.36. The first-order valence-corrected chi connectivity index (χ1v) is 12.0. The van der Waals surface area contributed by atoms with Crippen molar-refractivity contribution in [3.8, 4) is 17.0 Å². The summed E-state index contributed by atoms with van der Waals surface area (Å²) in [6, 6.07) is 9.44. The summed E-state index contributed by atoms with van der Waals surface area (Å²) in [6.07, 6.45) is 3.66. The van der Waals surface area contributed by atoms with Crippen LogP contribution in [-0.4, -0.2) is 32.8 Å². The molecule has 35 heavy (non-hydrogen) atoms. The second kappa shape index (κ2) is 9.81. The summed E-state index contributed by atoms with van der Waals surface area (Å²) in [4.78, 5) is 27.4. The molecule has 1 saturated carbocycles. The first-order valence-electron chi connectivity index (χ1n) is 12.0. The van der Waals surface area contributed by atoms with Crippen LogP contribution in [0.2, 0.25) is 0 Å². The first kappa shape index (κ1) is 23.5. The SMILES string of the molecule is O=c1[nH]c(C2CCCCC2)nc2c1CN(Cc1ccc(-c3ccc(OC(F)(F)F)cc3)nc1)CC2. The topological polar surface area (TPSA) is 71.1 Å². The molecule has 0 amide bonds. The summed E-state index contributed by atoms with van der Waals surface area (Å²) in [5, 5.41) is 0. The number of H-pyrrole nitrogens is 1. The highest BCUT2D eigenvalue weighted by molar-refractivity contribution is 5.60. The molecule has 1 aromatic carbocycles. The van der Waals surface area contributed by atoms with E-state index in [1.165, 1.54) is 31.4 Å². The fourth-order valence-corrected chi connectivity index (χ4v) is 4.98. The number of benzene rings is 1. The number of hydrogen-bond donors (Lipinski definition) is 1. The zero-order valence-electron chi connectivity index (χ0n) is 19.3. The first-order chi connectivity index (χ1) is 16.8. The molecule has 184 valence electrons. The van der Waals surface area contributed by atoms with Crippen molar-refractivity contribution >= 4 is 0 Å². The van der Waals surface area contributed by atoms with Crippen LogP contribution in [0.3, 0.4) is 0 Å². The van der Waals surface area contributed by atoms with Gasteiger partial charge in [0.1, 0.15) is 11.6 Å². The number of aromatic nitrogens is 3. The van der Waals surface area contributed by atoms with Gasteiger partial charge in [-0.15, -0.1) is 13.2 Å². The zero-order chi connectivity index (χ0) is 24.4. The molecule has 2 aliphatic rings. The predicted octanol–water partition coefficient (Wildman–Crippen LogP) is 5.34. The van der Waals surface area contributed by atoms with Crippen LogP contribution in [0.1, 0.15) is 60.7 Å². The number of pyridine rings is 1. The number of hydrogen-bond acceptors (Lipinski definition) is 5. The van der Waals surface area contributed by atoms with E-state index in [9.17, 15) is 18.0 Å². The highest BCUT2D eigenvalue weighted by atomic mass is 19.4. The second-order valence-corrected chi connectivity index (χ2v) is 9.30. The van der Waals surface area contributed by atoms with Crippen LogP contribution in [0.25, 0.3) is 11.3 Å². The quantitative estimate of drug-likeness (QED) is 0.530. The van der Waals surface area contributed by atoms with Gasteiger partial charge in [-0.05, 0) is 48.7 Å². The highest BCUT2D eigenvalue weighted by Crippen LogP contribution is 2.31.